The van der Waals surface area contributed by atoms with E-state index in [0.29, 0.717) is 35.7 Å². The van der Waals surface area contributed by atoms with Crippen LogP contribution in [0.5, 0.6) is 0 Å². The van der Waals surface area contributed by atoms with Crippen LogP contribution in [0.2, 0.25) is 0 Å². The summed E-state index contributed by atoms with van der Waals surface area (Å²) in [5.41, 5.74) is 3.60. The Morgan fingerprint density at radius 1 is 0.970 bits per heavy atom. The number of nitrogens with one attached hydrogen (secondary N) is 1. The quantitative estimate of drug-likeness (QED) is 0.199. The van der Waals surface area contributed by atoms with Crippen molar-refractivity contribution in [2.75, 3.05) is 7.11 Å². The molecule has 174 valence electrons. The van der Waals surface area contributed by atoms with E-state index in [-0.39, 0.29) is 16.8 Å². The van der Waals surface area contributed by atoms with Gasteiger partial charge in [0.25, 0.3) is 10.0 Å². The Labute approximate surface area is 193 Å². The molecule has 0 saturated heterocycles. The van der Waals surface area contributed by atoms with Crippen LogP contribution in [0.1, 0.15) is 44.1 Å². The average molecular weight is 470 g/mol. The van der Waals surface area contributed by atoms with Crippen molar-refractivity contribution in [2.45, 2.75) is 43.4 Å². The molecule has 0 atom stereocenters. The van der Waals surface area contributed by atoms with Crippen molar-refractivity contribution >= 4 is 39.0 Å². The molecular formula is C24H27N3O5S. The third-order valence-corrected chi connectivity index (χ3v) is 6.85. The largest absolute Gasteiger partial charge is 0.469 e. The van der Waals surface area contributed by atoms with Crippen molar-refractivity contribution in [1.82, 2.24) is 9.40 Å². The van der Waals surface area contributed by atoms with Crippen LogP contribution in [-0.4, -0.2) is 37.6 Å². The summed E-state index contributed by atoms with van der Waals surface area (Å²) < 4.78 is 32.1. The van der Waals surface area contributed by atoms with Crippen molar-refractivity contribution in [3.05, 3.63) is 66.4 Å². The van der Waals surface area contributed by atoms with E-state index in [2.05, 4.69) is 15.3 Å². The lowest BCUT2D eigenvalue weighted by Gasteiger charge is -2.07. The molecule has 1 amide bonds. The molecule has 1 heterocycles. The molecule has 1 N–H and O–H groups in total. The molecule has 0 aliphatic carbocycles. The normalized spacial score (nSPS) is 11.7. The lowest BCUT2D eigenvalue weighted by Crippen LogP contribution is -2.16. The van der Waals surface area contributed by atoms with Crippen molar-refractivity contribution in [3.63, 3.8) is 0 Å². The molecule has 0 aliphatic rings. The number of hydrazone groups is 1. The first-order valence-corrected chi connectivity index (χ1v) is 12.2. The van der Waals surface area contributed by atoms with E-state index >= 15 is 0 Å². The number of fused-ring (bicyclic) bond motifs is 1. The van der Waals surface area contributed by atoms with Crippen LogP contribution in [0.15, 0.2) is 70.8 Å². The summed E-state index contributed by atoms with van der Waals surface area (Å²) in [5.74, 6) is -0.445. The van der Waals surface area contributed by atoms with Gasteiger partial charge in [-0.25, -0.2) is 17.8 Å². The summed E-state index contributed by atoms with van der Waals surface area (Å²) in [6.45, 7) is 0. The molecular weight excluding hydrogens is 442 g/mol. The zero-order valence-corrected chi connectivity index (χ0v) is 19.3. The first-order chi connectivity index (χ1) is 15.9. The van der Waals surface area contributed by atoms with E-state index in [1.807, 2.05) is 12.1 Å². The number of carbonyl (C=O) groups is 2. The molecule has 0 radical (unpaired) electrons. The summed E-state index contributed by atoms with van der Waals surface area (Å²) in [7, 11) is -2.41. The summed E-state index contributed by atoms with van der Waals surface area (Å²) >= 11 is 0. The maximum Gasteiger partial charge on any atom is 0.305 e. The Balaban J connectivity index is 1.62. The number of rotatable bonds is 11. The SMILES string of the molecule is COC(=O)CCCCCCC(=O)N/N=C/c1cn(S(=O)(=O)c2ccccc2)c2ccccc12. The monoisotopic (exact) mass is 469 g/mol. The third kappa shape index (κ3) is 6.29. The van der Waals surface area contributed by atoms with Crippen LogP contribution in [-0.2, 0) is 24.3 Å². The van der Waals surface area contributed by atoms with E-state index in [0.717, 1.165) is 19.3 Å². The Hall–Kier alpha value is -3.46. The minimum absolute atomic E-state index is 0.189. The van der Waals surface area contributed by atoms with Gasteiger partial charge in [0.2, 0.25) is 5.91 Å². The van der Waals surface area contributed by atoms with Gasteiger partial charge in [-0.2, -0.15) is 5.10 Å². The van der Waals surface area contributed by atoms with E-state index in [1.54, 1.807) is 42.5 Å². The molecule has 0 bridgehead atoms. The van der Waals surface area contributed by atoms with Crippen molar-refractivity contribution in [2.24, 2.45) is 5.10 Å². The average Bonchev–Trinajstić information content (AvgIpc) is 3.21. The highest BCUT2D eigenvalue weighted by Crippen LogP contribution is 2.25. The van der Waals surface area contributed by atoms with Crippen molar-refractivity contribution in [1.29, 1.82) is 0 Å². The fourth-order valence-electron chi connectivity index (χ4n) is 3.42. The molecule has 0 spiro atoms. The van der Waals surface area contributed by atoms with Crippen LogP contribution in [0.3, 0.4) is 0 Å². The molecule has 3 rings (SSSR count). The maximum absolute atomic E-state index is 13.1. The second kappa shape index (κ2) is 11.4. The fourth-order valence-corrected chi connectivity index (χ4v) is 4.82. The Bertz CT molecular complexity index is 1230. The van der Waals surface area contributed by atoms with Gasteiger partial charge in [0.1, 0.15) is 0 Å². The number of benzene rings is 2. The van der Waals surface area contributed by atoms with Crippen LogP contribution >= 0.6 is 0 Å². The van der Waals surface area contributed by atoms with E-state index in [1.165, 1.54) is 23.5 Å². The molecule has 0 saturated carbocycles. The molecule has 2 aromatic carbocycles. The highest BCUT2D eigenvalue weighted by molar-refractivity contribution is 7.90. The second-order valence-electron chi connectivity index (χ2n) is 7.50. The number of nitrogens with zero attached hydrogens (tertiary/aromatic N) is 2. The van der Waals surface area contributed by atoms with Crippen molar-refractivity contribution < 1.29 is 22.7 Å². The number of aromatic nitrogens is 1. The molecule has 8 nitrogen and oxygen atoms in total. The van der Waals surface area contributed by atoms with Crippen LogP contribution < -0.4 is 5.43 Å². The van der Waals surface area contributed by atoms with Gasteiger partial charge >= 0.3 is 5.97 Å². The van der Waals surface area contributed by atoms with Gasteiger partial charge in [0, 0.05) is 30.0 Å². The first kappa shape index (κ1) is 24.2. The highest BCUT2D eigenvalue weighted by atomic mass is 32.2. The van der Waals surface area contributed by atoms with Gasteiger partial charge < -0.3 is 4.74 Å². The zero-order valence-electron chi connectivity index (χ0n) is 18.4. The number of amides is 1. The first-order valence-electron chi connectivity index (χ1n) is 10.7. The van der Waals surface area contributed by atoms with Gasteiger partial charge in [-0.05, 0) is 31.0 Å². The number of para-hydroxylation sites is 1. The van der Waals surface area contributed by atoms with Crippen molar-refractivity contribution in [3.8, 4) is 0 Å². The van der Waals surface area contributed by atoms with Gasteiger partial charge in [-0.15, -0.1) is 0 Å². The number of methoxy groups -OCH3 is 1. The van der Waals surface area contributed by atoms with E-state index in [4.69, 9.17) is 0 Å². The summed E-state index contributed by atoms with van der Waals surface area (Å²) in [6, 6.07) is 15.3. The number of hydrogen-bond acceptors (Lipinski definition) is 6. The number of carbonyl (C=O) groups excluding carboxylic acids is 2. The van der Waals surface area contributed by atoms with Gasteiger partial charge in [-0.3, -0.25) is 9.59 Å². The summed E-state index contributed by atoms with van der Waals surface area (Å²) in [5, 5.41) is 4.72. The lowest BCUT2D eigenvalue weighted by atomic mass is 10.1. The predicted molar refractivity (Wildman–Crippen MR) is 126 cm³/mol. The van der Waals surface area contributed by atoms with Gasteiger partial charge in [0.15, 0.2) is 0 Å². The number of esters is 1. The highest BCUT2D eigenvalue weighted by Gasteiger charge is 2.20. The third-order valence-electron chi connectivity index (χ3n) is 5.16. The maximum atomic E-state index is 13.1. The van der Waals surface area contributed by atoms with E-state index in [9.17, 15) is 18.0 Å². The summed E-state index contributed by atoms with van der Waals surface area (Å²) in [6.07, 6.45) is 6.78. The van der Waals surface area contributed by atoms with Crippen LogP contribution in [0.4, 0.5) is 0 Å². The zero-order chi connectivity index (χ0) is 23.7. The lowest BCUT2D eigenvalue weighted by molar-refractivity contribution is -0.140. The molecule has 33 heavy (non-hydrogen) atoms. The Morgan fingerprint density at radius 3 is 2.36 bits per heavy atom. The Morgan fingerprint density at radius 2 is 1.64 bits per heavy atom. The van der Waals surface area contributed by atoms with Crippen LogP contribution in [0, 0.1) is 0 Å². The molecule has 0 aliphatic heterocycles. The Kier molecular flexibility index (Phi) is 8.37. The van der Waals surface area contributed by atoms with Gasteiger partial charge in [0.05, 0.1) is 23.7 Å². The second-order valence-corrected chi connectivity index (χ2v) is 9.31. The number of ether oxygens (including phenoxy) is 1. The number of unbranched alkanes of at least 4 members (excludes halogenated alkanes) is 3. The fraction of sp³-hybridized carbons (Fsp3) is 0.292. The van der Waals surface area contributed by atoms with Gasteiger partial charge in [-0.1, -0.05) is 49.2 Å². The minimum atomic E-state index is -3.77. The van der Waals surface area contributed by atoms with Crippen LogP contribution in [0.25, 0.3) is 10.9 Å². The van der Waals surface area contributed by atoms with E-state index < -0.39 is 10.0 Å². The predicted octanol–water partition coefficient (Wildman–Crippen LogP) is 3.84. The summed E-state index contributed by atoms with van der Waals surface area (Å²) in [4.78, 5) is 23.3. The number of hydrogen-bond donors (Lipinski definition) is 1. The molecule has 0 fully saturated rings. The smallest absolute Gasteiger partial charge is 0.305 e. The molecule has 1 aromatic heterocycles. The topological polar surface area (TPSA) is 107 Å². The molecule has 3 aromatic rings. The molecule has 0 unspecified atom stereocenters. The minimum Gasteiger partial charge on any atom is -0.469 e. The standard InChI is InChI=1S/C24H27N3O5S/c1-32-24(29)16-8-3-2-7-15-23(28)26-25-17-19-18-27(22-14-10-9-13-21(19)22)33(30,31)20-11-5-4-6-12-20/h4-6,9-14,17-18H,2-3,7-8,15-16H2,1H3,(H,26,28)/b25-17+. The molecule has 9 heteroatoms.